The highest BCUT2D eigenvalue weighted by Crippen LogP contribution is 2.30. The maximum absolute atomic E-state index is 10.8. The molecule has 0 radical (unpaired) electrons. The summed E-state index contributed by atoms with van der Waals surface area (Å²) in [4.78, 5) is 15.5. The lowest BCUT2D eigenvalue weighted by Crippen LogP contribution is -2.08. The van der Waals surface area contributed by atoms with Gasteiger partial charge >= 0.3 is 5.97 Å². The van der Waals surface area contributed by atoms with Crippen LogP contribution in [0.25, 0.3) is 11.0 Å². The van der Waals surface area contributed by atoms with Gasteiger partial charge < -0.3 is 9.67 Å². The zero-order valence-electron chi connectivity index (χ0n) is 12.2. The molecular weight excluding hydrogens is 399 g/mol. The summed E-state index contributed by atoms with van der Waals surface area (Å²) in [6, 6.07) is 6.52. The van der Waals surface area contributed by atoms with Crippen molar-refractivity contribution in [2.24, 2.45) is 0 Å². The number of rotatable bonds is 7. The van der Waals surface area contributed by atoms with Crippen molar-refractivity contribution in [3.8, 4) is 0 Å². The molecule has 0 saturated carbocycles. The first-order chi connectivity index (χ1) is 10.0. The Morgan fingerprint density at radius 3 is 2.95 bits per heavy atom. The first kappa shape index (κ1) is 16.6. The van der Waals surface area contributed by atoms with Crippen LogP contribution in [0.5, 0.6) is 0 Å². The van der Waals surface area contributed by atoms with E-state index in [2.05, 4.69) is 58.1 Å². The minimum absolute atomic E-state index is 0.0426. The van der Waals surface area contributed by atoms with E-state index in [1.165, 1.54) is 11.8 Å². The van der Waals surface area contributed by atoms with Crippen LogP contribution in [0.4, 0.5) is 0 Å². The molecule has 2 aromatic rings. The molecule has 21 heavy (non-hydrogen) atoms. The van der Waals surface area contributed by atoms with Crippen LogP contribution < -0.4 is 0 Å². The van der Waals surface area contributed by atoms with Gasteiger partial charge in [0.05, 0.1) is 16.8 Å². The molecule has 1 unspecified atom stereocenters. The number of hydrogen-bond donors (Lipinski definition) is 1. The zero-order chi connectivity index (χ0) is 15.4. The summed E-state index contributed by atoms with van der Waals surface area (Å²) >= 11 is 3.57. The molecule has 0 fully saturated rings. The van der Waals surface area contributed by atoms with Crippen LogP contribution in [0, 0.1) is 3.57 Å². The Balaban J connectivity index is 2.41. The third-order valence-corrected chi connectivity index (χ3v) is 4.97. The molecule has 114 valence electrons. The normalized spacial score (nSPS) is 12.7. The van der Waals surface area contributed by atoms with E-state index in [9.17, 15) is 4.79 Å². The van der Waals surface area contributed by atoms with Gasteiger partial charge in [0, 0.05) is 9.61 Å². The average molecular weight is 418 g/mol. The van der Waals surface area contributed by atoms with Crippen molar-refractivity contribution in [2.75, 3.05) is 5.75 Å². The van der Waals surface area contributed by atoms with Crippen molar-refractivity contribution < 1.29 is 9.90 Å². The molecule has 0 spiro atoms. The number of fused-ring (bicyclic) bond motifs is 1. The molecule has 6 heteroatoms. The molecule has 0 aliphatic rings. The predicted octanol–water partition coefficient (Wildman–Crippen LogP) is 4.57. The Labute approximate surface area is 142 Å². The van der Waals surface area contributed by atoms with E-state index in [1.54, 1.807) is 0 Å². The van der Waals surface area contributed by atoms with E-state index in [-0.39, 0.29) is 5.75 Å². The topological polar surface area (TPSA) is 55.1 Å². The lowest BCUT2D eigenvalue weighted by atomic mass is 10.1. The van der Waals surface area contributed by atoms with Crippen LogP contribution in [-0.2, 0) is 4.79 Å². The number of carboxylic acids is 1. The van der Waals surface area contributed by atoms with E-state index in [1.807, 2.05) is 6.07 Å². The summed E-state index contributed by atoms with van der Waals surface area (Å²) in [6.45, 7) is 4.36. The summed E-state index contributed by atoms with van der Waals surface area (Å²) in [6.07, 6.45) is 3.40. The van der Waals surface area contributed by atoms with Crippen LogP contribution in [-0.4, -0.2) is 26.4 Å². The number of thioether (sulfide) groups is 1. The van der Waals surface area contributed by atoms with E-state index < -0.39 is 5.97 Å². The van der Waals surface area contributed by atoms with E-state index in [0.29, 0.717) is 6.04 Å². The first-order valence-electron chi connectivity index (χ1n) is 7.05. The predicted molar refractivity (Wildman–Crippen MR) is 95.0 cm³/mol. The highest BCUT2D eigenvalue weighted by molar-refractivity contribution is 14.1. The second-order valence-corrected chi connectivity index (χ2v) is 7.26. The molecule has 4 nitrogen and oxygen atoms in total. The molecular formula is C15H19IN2O2S. The van der Waals surface area contributed by atoms with Crippen molar-refractivity contribution in [1.82, 2.24) is 9.55 Å². The van der Waals surface area contributed by atoms with Crippen LogP contribution in [0.1, 0.15) is 39.2 Å². The van der Waals surface area contributed by atoms with Gasteiger partial charge in [-0.05, 0) is 54.1 Å². The third-order valence-electron chi connectivity index (χ3n) is 3.36. The third kappa shape index (κ3) is 4.12. The maximum atomic E-state index is 10.8. The molecule has 0 aliphatic carbocycles. The number of benzene rings is 1. The molecule has 0 aliphatic heterocycles. The van der Waals surface area contributed by atoms with Crippen molar-refractivity contribution in [1.29, 1.82) is 0 Å². The van der Waals surface area contributed by atoms with Gasteiger partial charge in [0.1, 0.15) is 0 Å². The molecule has 1 heterocycles. The number of carbonyl (C=O) groups is 1. The largest absolute Gasteiger partial charge is 0.481 e. The second kappa shape index (κ2) is 7.49. The SMILES string of the molecule is CCCCC(C)n1c(SCC(=O)O)nc2cc(I)ccc21. The fourth-order valence-electron chi connectivity index (χ4n) is 2.33. The highest BCUT2D eigenvalue weighted by Gasteiger charge is 2.17. The smallest absolute Gasteiger partial charge is 0.313 e. The van der Waals surface area contributed by atoms with E-state index in [0.717, 1.165) is 39.0 Å². The summed E-state index contributed by atoms with van der Waals surface area (Å²) in [7, 11) is 0. The Morgan fingerprint density at radius 2 is 2.29 bits per heavy atom. The average Bonchev–Trinajstić information content (AvgIpc) is 2.79. The second-order valence-electron chi connectivity index (χ2n) is 5.07. The van der Waals surface area contributed by atoms with Gasteiger partial charge in [-0.25, -0.2) is 4.98 Å². The van der Waals surface area contributed by atoms with Crippen LogP contribution >= 0.6 is 34.4 Å². The monoisotopic (exact) mass is 418 g/mol. The van der Waals surface area contributed by atoms with Gasteiger partial charge in [0.25, 0.3) is 0 Å². The lowest BCUT2D eigenvalue weighted by molar-refractivity contribution is -0.133. The molecule has 0 bridgehead atoms. The van der Waals surface area contributed by atoms with E-state index in [4.69, 9.17) is 5.11 Å². The Bertz CT molecular complexity index is 642. The molecule has 2 rings (SSSR count). The fourth-order valence-corrected chi connectivity index (χ4v) is 3.64. The van der Waals surface area contributed by atoms with Gasteiger partial charge in [0.15, 0.2) is 5.16 Å². The fraction of sp³-hybridized carbons (Fsp3) is 0.467. The van der Waals surface area contributed by atoms with Gasteiger partial charge in [-0.2, -0.15) is 0 Å². The Kier molecular flexibility index (Phi) is 5.92. The van der Waals surface area contributed by atoms with Crippen LogP contribution in [0.3, 0.4) is 0 Å². The number of carboxylic acid groups (broad SMARTS) is 1. The number of aromatic nitrogens is 2. The molecule has 1 N–H and O–H groups in total. The summed E-state index contributed by atoms with van der Waals surface area (Å²) < 4.78 is 3.33. The minimum Gasteiger partial charge on any atom is -0.481 e. The number of aliphatic carboxylic acids is 1. The highest BCUT2D eigenvalue weighted by atomic mass is 127. The maximum Gasteiger partial charge on any atom is 0.313 e. The quantitative estimate of drug-likeness (QED) is 0.529. The molecule has 1 aromatic carbocycles. The lowest BCUT2D eigenvalue weighted by Gasteiger charge is -2.16. The summed E-state index contributed by atoms with van der Waals surface area (Å²) in [5, 5.41) is 9.71. The first-order valence-corrected chi connectivity index (χ1v) is 9.11. The number of nitrogens with zero attached hydrogens (tertiary/aromatic N) is 2. The molecule has 1 atom stereocenters. The number of unbranched alkanes of at least 4 members (excludes halogenated alkanes) is 1. The Morgan fingerprint density at radius 1 is 1.52 bits per heavy atom. The minimum atomic E-state index is -0.811. The van der Waals surface area contributed by atoms with Crippen molar-refractivity contribution >= 4 is 51.4 Å². The number of hydrogen-bond acceptors (Lipinski definition) is 3. The van der Waals surface area contributed by atoms with Crippen molar-refractivity contribution in [3.63, 3.8) is 0 Å². The Hall–Kier alpha value is -0.760. The van der Waals surface area contributed by atoms with Gasteiger partial charge in [-0.1, -0.05) is 31.5 Å². The van der Waals surface area contributed by atoms with Crippen molar-refractivity contribution in [2.45, 2.75) is 44.3 Å². The number of imidazole rings is 1. The summed E-state index contributed by atoms with van der Waals surface area (Å²) in [5.74, 6) is -0.768. The van der Waals surface area contributed by atoms with Crippen molar-refractivity contribution in [3.05, 3.63) is 21.8 Å². The van der Waals surface area contributed by atoms with Gasteiger partial charge in [0.2, 0.25) is 0 Å². The van der Waals surface area contributed by atoms with Crippen LogP contribution in [0.15, 0.2) is 23.4 Å². The van der Waals surface area contributed by atoms with Crippen LogP contribution in [0.2, 0.25) is 0 Å². The summed E-state index contributed by atoms with van der Waals surface area (Å²) in [5.41, 5.74) is 2.03. The van der Waals surface area contributed by atoms with Gasteiger partial charge in [-0.3, -0.25) is 4.79 Å². The molecule has 1 aromatic heterocycles. The number of halogens is 1. The molecule has 0 amide bonds. The standard InChI is InChI=1S/C15H19IN2O2S/c1-3-4-5-10(2)18-13-7-6-11(16)8-12(13)17-15(18)21-9-14(19)20/h6-8,10H,3-5,9H2,1-2H3,(H,19,20). The van der Waals surface area contributed by atoms with Gasteiger partial charge in [-0.15, -0.1) is 0 Å². The van der Waals surface area contributed by atoms with E-state index >= 15 is 0 Å². The molecule has 0 saturated heterocycles. The zero-order valence-corrected chi connectivity index (χ0v) is 15.1.